The van der Waals surface area contributed by atoms with E-state index in [9.17, 15) is 45.6 Å². The first-order valence-electron chi connectivity index (χ1n) is 39.7. The molecular formula is C79H149NO13. The fourth-order valence-corrected chi connectivity index (χ4v) is 13.3. The lowest BCUT2D eigenvalue weighted by molar-refractivity contribution is -0.359. The molecular weight excluding hydrogens is 1170 g/mol. The molecule has 14 heteroatoms. The number of hydrogen-bond acceptors (Lipinski definition) is 13. The zero-order chi connectivity index (χ0) is 67.3. The van der Waals surface area contributed by atoms with E-state index in [0.29, 0.717) is 12.8 Å². The molecule has 2 heterocycles. The average molecular weight is 1320 g/mol. The van der Waals surface area contributed by atoms with Gasteiger partial charge in [0.25, 0.3) is 0 Å². The molecule has 9 N–H and O–H groups in total. The van der Waals surface area contributed by atoms with E-state index in [4.69, 9.17) is 18.9 Å². The van der Waals surface area contributed by atoms with E-state index in [1.807, 2.05) is 6.08 Å². The number of rotatable bonds is 67. The van der Waals surface area contributed by atoms with Crippen LogP contribution >= 0.6 is 0 Å². The van der Waals surface area contributed by atoms with Gasteiger partial charge in [0, 0.05) is 6.42 Å². The Morgan fingerprint density at radius 3 is 1.05 bits per heavy atom. The third kappa shape index (κ3) is 47.0. The molecule has 0 aliphatic carbocycles. The van der Waals surface area contributed by atoms with Crippen molar-refractivity contribution in [1.29, 1.82) is 0 Å². The Labute approximate surface area is 570 Å². The quantitative estimate of drug-likeness (QED) is 0.0204. The van der Waals surface area contributed by atoms with Crippen molar-refractivity contribution in [1.82, 2.24) is 5.32 Å². The second-order valence-electron chi connectivity index (χ2n) is 28.2. The Bertz CT molecular complexity index is 1700. The number of unbranched alkanes of at least 4 members (excludes halogenated alkanes) is 50. The Hall–Kier alpha value is -1.79. The highest BCUT2D eigenvalue weighted by atomic mass is 16.7. The van der Waals surface area contributed by atoms with Crippen LogP contribution in [0.15, 0.2) is 36.5 Å². The van der Waals surface area contributed by atoms with E-state index in [-0.39, 0.29) is 18.9 Å². The van der Waals surface area contributed by atoms with Crippen LogP contribution in [-0.4, -0.2) is 140 Å². The molecule has 0 bridgehead atoms. The smallest absolute Gasteiger partial charge is 0.220 e. The first-order valence-corrected chi connectivity index (χ1v) is 39.7. The molecule has 2 aliphatic heterocycles. The second kappa shape index (κ2) is 63.6. The third-order valence-corrected chi connectivity index (χ3v) is 19.6. The number of ether oxygens (including phenoxy) is 4. The Kier molecular flexibility index (Phi) is 59.7. The summed E-state index contributed by atoms with van der Waals surface area (Å²) in [6.07, 6.45) is 66.9. The minimum absolute atomic E-state index is 0.246. The maximum absolute atomic E-state index is 13.3. The fourth-order valence-electron chi connectivity index (χ4n) is 13.3. The summed E-state index contributed by atoms with van der Waals surface area (Å²) in [5.41, 5.74) is 0. The maximum atomic E-state index is 13.3. The SMILES string of the molecule is CCCCCCCCCC/C=C/CC/C=C/CC/C=C/C(O)C(COC1OC(CO)C(OC2OC(CO)C(O)C(O)C2O)C(O)C1O)NC(=O)CCCCCCCCCCCCCCCCCCCCCCCCCCCCCCCCCCCCCCCCCCC. The number of aliphatic hydroxyl groups excluding tert-OH is 8. The van der Waals surface area contributed by atoms with Crippen molar-refractivity contribution in [2.45, 2.75) is 441 Å². The van der Waals surface area contributed by atoms with Gasteiger partial charge in [0.2, 0.25) is 5.91 Å². The van der Waals surface area contributed by atoms with Crippen molar-refractivity contribution < 1.29 is 64.6 Å². The molecule has 0 spiro atoms. The minimum atomic E-state index is -1.79. The maximum Gasteiger partial charge on any atom is 0.220 e. The molecule has 0 radical (unpaired) electrons. The molecule has 0 aromatic heterocycles. The lowest BCUT2D eigenvalue weighted by atomic mass is 9.97. The molecule has 2 rings (SSSR count). The highest BCUT2D eigenvalue weighted by molar-refractivity contribution is 5.76. The summed E-state index contributed by atoms with van der Waals surface area (Å²) < 4.78 is 22.8. The number of carbonyl (C=O) groups excluding carboxylic acids is 1. The molecule has 14 nitrogen and oxygen atoms in total. The summed E-state index contributed by atoms with van der Waals surface area (Å²) in [4.78, 5) is 13.3. The molecule has 2 aliphatic rings. The predicted molar refractivity (Wildman–Crippen MR) is 383 cm³/mol. The standard InChI is InChI=1S/C79H149NO13/c1-3-5-7-9-11-13-15-17-19-21-23-24-25-26-27-28-29-30-31-32-33-34-35-36-37-38-39-40-41-42-43-44-45-47-49-51-53-55-57-59-61-63-71(84)80-67(68(83)62-60-58-56-54-52-50-48-46-22-20-18-16-14-12-10-8-6-4-2)66-90-78-76(89)74(87)77(70(65-82)92-78)93-79-75(88)73(86)72(85)69(64-81)91-79/h22,46,52,54,60,62,67-70,72-79,81-83,85-89H,3-21,23-45,47-51,53,55-59,61,63-66H2,1-2H3,(H,80,84)/b46-22+,54-52+,62-60+. The van der Waals surface area contributed by atoms with Crippen LogP contribution in [0.2, 0.25) is 0 Å². The number of amides is 1. The van der Waals surface area contributed by atoms with Crippen molar-refractivity contribution in [2.24, 2.45) is 0 Å². The normalized spacial score (nSPS) is 22.7. The summed E-state index contributed by atoms with van der Waals surface area (Å²) in [6, 6.07) is -0.937. The van der Waals surface area contributed by atoms with E-state index in [1.54, 1.807) is 6.08 Å². The van der Waals surface area contributed by atoms with Crippen LogP contribution in [0, 0.1) is 0 Å². The molecule has 12 atom stereocenters. The van der Waals surface area contributed by atoms with Gasteiger partial charge < -0.3 is 65.1 Å². The summed E-state index contributed by atoms with van der Waals surface area (Å²) in [6.45, 7) is 2.82. The molecule has 548 valence electrons. The van der Waals surface area contributed by atoms with Crippen LogP contribution in [-0.2, 0) is 23.7 Å². The van der Waals surface area contributed by atoms with Gasteiger partial charge in [-0.2, -0.15) is 0 Å². The monoisotopic (exact) mass is 1320 g/mol. The van der Waals surface area contributed by atoms with Gasteiger partial charge in [-0.15, -0.1) is 0 Å². The van der Waals surface area contributed by atoms with Crippen molar-refractivity contribution in [2.75, 3.05) is 19.8 Å². The summed E-state index contributed by atoms with van der Waals surface area (Å²) in [5, 5.41) is 87.4. The topological polar surface area (TPSA) is 228 Å². The van der Waals surface area contributed by atoms with Crippen molar-refractivity contribution in [3.05, 3.63) is 36.5 Å². The van der Waals surface area contributed by atoms with Crippen LogP contribution in [0.4, 0.5) is 0 Å². The highest BCUT2D eigenvalue weighted by Gasteiger charge is 2.51. The highest BCUT2D eigenvalue weighted by Crippen LogP contribution is 2.30. The van der Waals surface area contributed by atoms with Crippen LogP contribution in [0.5, 0.6) is 0 Å². The molecule has 2 fully saturated rings. The summed E-state index contributed by atoms with van der Waals surface area (Å²) >= 11 is 0. The number of nitrogens with one attached hydrogen (secondary N) is 1. The Balaban J connectivity index is 1.55. The van der Waals surface area contributed by atoms with Crippen LogP contribution in [0.25, 0.3) is 0 Å². The van der Waals surface area contributed by atoms with Gasteiger partial charge in [0.1, 0.15) is 48.8 Å². The average Bonchev–Trinajstić information content (AvgIpc) is 0.856. The lowest BCUT2D eigenvalue weighted by Gasteiger charge is -2.46. The fraction of sp³-hybridized carbons (Fsp3) is 0.911. The van der Waals surface area contributed by atoms with Gasteiger partial charge in [-0.3, -0.25) is 4.79 Å². The van der Waals surface area contributed by atoms with Gasteiger partial charge in [-0.1, -0.05) is 352 Å². The summed E-state index contributed by atoms with van der Waals surface area (Å²) in [5.74, 6) is -0.246. The zero-order valence-corrected chi connectivity index (χ0v) is 60.0. The first kappa shape index (κ1) is 87.3. The van der Waals surface area contributed by atoms with Crippen LogP contribution in [0.3, 0.4) is 0 Å². The zero-order valence-electron chi connectivity index (χ0n) is 60.0. The number of aliphatic hydroxyl groups is 8. The second-order valence-corrected chi connectivity index (χ2v) is 28.2. The van der Waals surface area contributed by atoms with Crippen LogP contribution < -0.4 is 5.32 Å². The Morgan fingerprint density at radius 1 is 0.376 bits per heavy atom. The Morgan fingerprint density at radius 2 is 0.688 bits per heavy atom. The van der Waals surface area contributed by atoms with Gasteiger partial charge in [-0.05, 0) is 44.9 Å². The third-order valence-electron chi connectivity index (χ3n) is 19.6. The van der Waals surface area contributed by atoms with Gasteiger partial charge in [-0.25, -0.2) is 0 Å². The summed E-state index contributed by atoms with van der Waals surface area (Å²) in [7, 11) is 0. The van der Waals surface area contributed by atoms with E-state index >= 15 is 0 Å². The predicted octanol–water partition coefficient (Wildman–Crippen LogP) is 17.6. The van der Waals surface area contributed by atoms with E-state index in [2.05, 4.69) is 43.5 Å². The molecule has 1 amide bonds. The molecule has 0 aromatic rings. The van der Waals surface area contributed by atoms with Gasteiger partial charge in [0.15, 0.2) is 12.6 Å². The number of allylic oxidation sites excluding steroid dienone is 5. The molecule has 93 heavy (non-hydrogen) atoms. The van der Waals surface area contributed by atoms with Gasteiger partial charge in [0.05, 0.1) is 32.0 Å². The lowest BCUT2D eigenvalue weighted by Crippen LogP contribution is -2.65. The largest absolute Gasteiger partial charge is 0.394 e. The molecule has 12 unspecified atom stereocenters. The van der Waals surface area contributed by atoms with Crippen molar-refractivity contribution in [3.8, 4) is 0 Å². The molecule has 0 aromatic carbocycles. The van der Waals surface area contributed by atoms with E-state index in [0.717, 1.165) is 44.9 Å². The van der Waals surface area contributed by atoms with E-state index in [1.165, 1.54) is 289 Å². The number of carbonyl (C=O) groups is 1. The first-order chi connectivity index (χ1) is 45.6. The van der Waals surface area contributed by atoms with E-state index < -0.39 is 86.8 Å². The van der Waals surface area contributed by atoms with Gasteiger partial charge >= 0.3 is 0 Å². The minimum Gasteiger partial charge on any atom is -0.394 e. The van der Waals surface area contributed by atoms with Crippen LogP contribution in [0.1, 0.15) is 367 Å². The molecule has 0 saturated carbocycles. The molecule has 2 saturated heterocycles. The number of hydrogen-bond donors (Lipinski definition) is 9. The van der Waals surface area contributed by atoms with Crippen molar-refractivity contribution in [3.63, 3.8) is 0 Å². The van der Waals surface area contributed by atoms with Crippen molar-refractivity contribution >= 4 is 5.91 Å².